The predicted molar refractivity (Wildman–Crippen MR) is 107 cm³/mol. The summed E-state index contributed by atoms with van der Waals surface area (Å²) in [7, 11) is 1.25. The second-order valence-corrected chi connectivity index (χ2v) is 6.61. The van der Waals surface area contributed by atoms with Gasteiger partial charge in [-0.25, -0.2) is 14.5 Å². The molecule has 0 N–H and O–H groups in total. The number of esters is 1. The van der Waals surface area contributed by atoms with E-state index in [1.165, 1.54) is 25.3 Å². The average Bonchev–Trinajstić information content (AvgIpc) is 3.05. The SMILES string of the molecule is COC(=O)/C=C/C(=C\C=O)COCCCC(=O)N1C(=O)O[C@@H](c2ccccc2)[C@H]1C. The summed E-state index contributed by atoms with van der Waals surface area (Å²) in [5.41, 5.74) is 1.33. The van der Waals surface area contributed by atoms with Crippen LogP contribution in [0.5, 0.6) is 0 Å². The van der Waals surface area contributed by atoms with E-state index < -0.39 is 24.2 Å². The zero-order chi connectivity index (χ0) is 21.9. The molecule has 1 aliphatic rings. The summed E-state index contributed by atoms with van der Waals surface area (Å²) in [5.74, 6) is -0.874. The van der Waals surface area contributed by atoms with Crippen LogP contribution in [0.1, 0.15) is 31.4 Å². The number of methoxy groups -OCH3 is 1. The van der Waals surface area contributed by atoms with Crippen LogP contribution in [0.3, 0.4) is 0 Å². The molecule has 1 aromatic carbocycles. The molecule has 0 saturated carbocycles. The van der Waals surface area contributed by atoms with Gasteiger partial charge in [-0.1, -0.05) is 30.3 Å². The molecule has 0 spiro atoms. The Bertz CT molecular complexity index is 816. The van der Waals surface area contributed by atoms with E-state index in [0.29, 0.717) is 18.3 Å². The maximum atomic E-state index is 12.5. The molecule has 160 valence electrons. The second-order valence-electron chi connectivity index (χ2n) is 6.61. The summed E-state index contributed by atoms with van der Waals surface area (Å²) in [6.45, 7) is 2.12. The number of carbonyl (C=O) groups excluding carboxylic acids is 4. The molecule has 1 saturated heterocycles. The highest BCUT2D eigenvalue weighted by Crippen LogP contribution is 2.32. The van der Waals surface area contributed by atoms with Gasteiger partial charge in [0.25, 0.3) is 0 Å². The van der Waals surface area contributed by atoms with Crippen LogP contribution < -0.4 is 0 Å². The van der Waals surface area contributed by atoms with E-state index >= 15 is 0 Å². The Morgan fingerprint density at radius 2 is 1.93 bits per heavy atom. The van der Waals surface area contributed by atoms with Crippen molar-refractivity contribution in [2.24, 2.45) is 0 Å². The number of imide groups is 1. The first kappa shape index (κ1) is 23.0. The first-order valence-corrected chi connectivity index (χ1v) is 9.53. The normalized spacial score (nSPS) is 19.1. The second kappa shape index (κ2) is 11.7. The van der Waals surface area contributed by atoms with Crippen LogP contribution in [0.15, 0.2) is 54.1 Å². The van der Waals surface area contributed by atoms with E-state index in [0.717, 1.165) is 10.5 Å². The van der Waals surface area contributed by atoms with Gasteiger partial charge < -0.3 is 14.2 Å². The van der Waals surface area contributed by atoms with Crippen molar-refractivity contribution in [1.29, 1.82) is 0 Å². The van der Waals surface area contributed by atoms with Crippen molar-refractivity contribution in [3.05, 3.63) is 59.7 Å². The fourth-order valence-electron chi connectivity index (χ4n) is 3.00. The van der Waals surface area contributed by atoms with Crippen molar-refractivity contribution in [1.82, 2.24) is 4.90 Å². The minimum Gasteiger partial charge on any atom is -0.466 e. The number of ether oxygens (including phenoxy) is 3. The third kappa shape index (κ3) is 6.38. The fourth-order valence-corrected chi connectivity index (χ4v) is 3.00. The van der Waals surface area contributed by atoms with Crippen LogP contribution in [0.2, 0.25) is 0 Å². The van der Waals surface area contributed by atoms with Crippen LogP contribution >= 0.6 is 0 Å². The van der Waals surface area contributed by atoms with Crippen molar-refractivity contribution in [2.45, 2.75) is 31.9 Å². The Labute approximate surface area is 175 Å². The number of hydrogen-bond acceptors (Lipinski definition) is 7. The van der Waals surface area contributed by atoms with Crippen molar-refractivity contribution in [3.8, 4) is 0 Å². The van der Waals surface area contributed by atoms with E-state index in [2.05, 4.69) is 4.74 Å². The highest BCUT2D eigenvalue weighted by molar-refractivity contribution is 5.93. The van der Waals surface area contributed by atoms with Crippen LogP contribution in [0, 0.1) is 0 Å². The summed E-state index contributed by atoms with van der Waals surface area (Å²) in [6, 6.07) is 8.88. The van der Waals surface area contributed by atoms with Gasteiger partial charge in [0.2, 0.25) is 5.91 Å². The molecule has 0 aromatic heterocycles. The summed E-state index contributed by atoms with van der Waals surface area (Å²) >= 11 is 0. The van der Waals surface area contributed by atoms with Gasteiger partial charge in [-0.3, -0.25) is 9.59 Å². The molecule has 1 aliphatic heterocycles. The Morgan fingerprint density at radius 3 is 2.60 bits per heavy atom. The van der Waals surface area contributed by atoms with E-state index in [4.69, 9.17) is 9.47 Å². The zero-order valence-electron chi connectivity index (χ0n) is 17.0. The Balaban J connectivity index is 1.79. The lowest BCUT2D eigenvalue weighted by Crippen LogP contribution is -2.37. The molecular formula is C22H25NO7. The first-order valence-electron chi connectivity index (χ1n) is 9.53. The molecule has 1 heterocycles. The lowest BCUT2D eigenvalue weighted by molar-refractivity contribution is -0.135. The minimum absolute atomic E-state index is 0.0959. The average molecular weight is 415 g/mol. The first-order chi connectivity index (χ1) is 14.5. The van der Waals surface area contributed by atoms with Gasteiger partial charge in [-0.2, -0.15) is 0 Å². The van der Waals surface area contributed by atoms with Crippen LogP contribution in [-0.2, 0) is 28.6 Å². The maximum Gasteiger partial charge on any atom is 0.417 e. The monoisotopic (exact) mass is 415 g/mol. The summed E-state index contributed by atoms with van der Waals surface area (Å²) in [5, 5.41) is 0. The van der Waals surface area contributed by atoms with Crippen LogP contribution in [0.25, 0.3) is 0 Å². The maximum absolute atomic E-state index is 12.5. The number of allylic oxidation sites excluding steroid dienone is 1. The molecular weight excluding hydrogens is 390 g/mol. The third-order valence-corrected chi connectivity index (χ3v) is 4.53. The van der Waals surface area contributed by atoms with E-state index in [1.54, 1.807) is 6.92 Å². The molecule has 30 heavy (non-hydrogen) atoms. The smallest absolute Gasteiger partial charge is 0.417 e. The molecule has 8 nitrogen and oxygen atoms in total. The zero-order valence-corrected chi connectivity index (χ0v) is 17.0. The highest BCUT2D eigenvalue weighted by Gasteiger charge is 2.42. The minimum atomic E-state index is -0.647. The van der Waals surface area contributed by atoms with Gasteiger partial charge in [0.1, 0.15) is 12.4 Å². The van der Waals surface area contributed by atoms with Crippen molar-refractivity contribution >= 4 is 24.3 Å². The molecule has 0 aliphatic carbocycles. The predicted octanol–water partition coefficient (Wildman–Crippen LogP) is 2.75. The molecule has 0 unspecified atom stereocenters. The van der Waals surface area contributed by atoms with Crippen molar-refractivity contribution in [3.63, 3.8) is 0 Å². The molecule has 1 fully saturated rings. The van der Waals surface area contributed by atoms with Gasteiger partial charge in [-0.05, 0) is 36.6 Å². The molecule has 0 radical (unpaired) electrons. The van der Waals surface area contributed by atoms with E-state index in [-0.39, 0.29) is 25.5 Å². The topological polar surface area (TPSA) is 99.2 Å². The fraction of sp³-hybridized carbons (Fsp3) is 0.364. The quantitative estimate of drug-likeness (QED) is 0.190. The molecule has 1 aromatic rings. The molecule has 2 rings (SSSR count). The number of benzene rings is 1. The van der Waals surface area contributed by atoms with Gasteiger partial charge in [0.05, 0.1) is 19.8 Å². The number of aldehydes is 1. The Hall–Kier alpha value is -3.26. The lowest BCUT2D eigenvalue weighted by atomic mass is 10.0. The Kier molecular flexibility index (Phi) is 8.96. The number of carbonyl (C=O) groups is 4. The summed E-state index contributed by atoms with van der Waals surface area (Å²) in [4.78, 5) is 47.6. The van der Waals surface area contributed by atoms with E-state index in [9.17, 15) is 19.2 Å². The Morgan fingerprint density at radius 1 is 1.20 bits per heavy atom. The summed E-state index contributed by atoms with van der Waals surface area (Å²) in [6.07, 6.45) is 3.85. The number of amides is 2. The molecule has 8 heteroatoms. The van der Waals surface area contributed by atoms with E-state index in [1.807, 2.05) is 30.3 Å². The number of cyclic esters (lactones) is 1. The van der Waals surface area contributed by atoms with Gasteiger partial charge in [0.15, 0.2) is 0 Å². The van der Waals surface area contributed by atoms with Crippen LogP contribution in [0.4, 0.5) is 4.79 Å². The standard InChI is InChI=1S/C22H25NO7/c1-16-21(18-7-4-3-5-8-18)30-22(27)23(16)19(25)9-6-14-29-15-17(12-13-24)10-11-20(26)28-2/h3-5,7-8,10-13,16,21H,6,9,14-15H2,1-2H3/b11-10+,17-12+/t16-,21-/m1/s1. The summed E-state index contributed by atoms with van der Waals surface area (Å²) < 4.78 is 15.3. The highest BCUT2D eigenvalue weighted by atomic mass is 16.6. The van der Waals surface area contributed by atoms with Gasteiger partial charge in [0, 0.05) is 19.1 Å². The van der Waals surface area contributed by atoms with Crippen molar-refractivity contribution in [2.75, 3.05) is 20.3 Å². The van der Waals surface area contributed by atoms with Gasteiger partial charge in [-0.15, -0.1) is 0 Å². The largest absolute Gasteiger partial charge is 0.466 e. The van der Waals surface area contributed by atoms with Gasteiger partial charge >= 0.3 is 12.1 Å². The van der Waals surface area contributed by atoms with Crippen LogP contribution in [-0.4, -0.2) is 55.5 Å². The molecule has 2 amide bonds. The number of rotatable bonds is 10. The lowest BCUT2D eigenvalue weighted by Gasteiger charge is -2.19. The molecule has 2 atom stereocenters. The van der Waals surface area contributed by atoms with Crippen molar-refractivity contribution < 1.29 is 33.4 Å². The third-order valence-electron chi connectivity index (χ3n) is 4.53. The number of hydrogen-bond donors (Lipinski definition) is 0. The number of nitrogens with zero attached hydrogens (tertiary/aromatic N) is 1. The molecule has 0 bridgehead atoms.